The van der Waals surface area contributed by atoms with Crippen LogP contribution in [0.4, 0.5) is 5.69 Å². The molecule has 0 radical (unpaired) electrons. The SMILES string of the molecule is O=C1CN(CCC2COCCO2)CCN1c1ccccc1. The number of hydrogen-bond acceptors (Lipinski definition) is 4. The van der Waals surface area contributed by atoms with Gasteiger partial charge >= 0.3 is 0 Å². The lowest BCUT2D eigenvalue weighted by Gasteiger charge is -2.35. The number of para-hydroxylation sites is 1. The van der Waals surface area contributed by atoms with Gasteiger partial charge in [0.25, 0.3) is 0 Å². The van der Waals surface area contributed by atoms with E-state index in [1.807, 2.05) is 35.2 Å². The Hall–Kier alpha value is -1.43. The number of nitrogens with zero attached hydrogens (tertiary/aromatic N) is 2. The molecule has 0 aromatic heterocycles. The molecule has 2 fully saturated rings. The van der Waals surface area contributed by atoms with Gasteiger partial charge in [0, 0.05) is 25.3 Å². The van der Waals surface area contributed by atoms with E-state index < -0.39 is 0 Å². The molecule has 1 aromatic rings. The zero-order valence-corrected chi connectivity index (χ0v) is 12.2. The van der Waals surface area contributed by atoms with Gasteiger partial charge in [-0.1, -0.05) is 18.2 Å². The zero-order chi connectivity index (χ0) is 14.5. The smallest absolute Gasteiger partial charge is 0.241 e. The molecule has 1 amide bonds. The van der Waals surface area contributed by atoms with Crippen molar-refractivity contribution < 1.29 is 14.3 Å². The fourth-order valence-corrected chi connectivity index (χ4v) is 2.82. The number of piperazine rings is 1. The summed E-state index contributed by atoms with van der Waals surface area (Å²) in [5.41, 5.74) is 0.992. The first-order valence-electron chi connectivity index (χ1n) is 7.60. The number of rotatable bonds is 4. The van der Waals surface area contributed by atoms with Gasteiger partial charge in [0.1, 0.15) is 0 Å². The largest absolute Gasteiger partial charge is 0.376 e. The van der Waals surface area contributed by atoms with Crippen molar-refractivity contribution in [3.8, 4) is 0 Å². The monoisotopic (exact) mass is 290 g/mol. The summed E-state index contributed by atoms with van der Waals surface area (Å²) in [6.45, 7) is 5.11. The third-order valence-electron chi connectivity index (χ3n) is 4.02. The lowest BCUT2D eigenvalue weighted by atomic mass is 10.2. The van der Waals surface area contributed by atoms with E-state index in [1.165, 1.54) is 0 Å². The molecular formula is C16H22N2O3. The highest BCUT2D eigenvalue weighted by Crippen LogP contribution is 2.17. The number of benzene rings is 1. The van der Waals surface area contributed by atoms with Crippen LogP contribution < -0.4 is 4.90 Å². The number of hydrogen-bond donors (Lipinski definition) is 0. The third kappa shape index (κ3) is 3.81. The standard InChI is InChI=1S/C16H22N2O3/c19-16-12-17(7-6-15-13-20-10-11-21-15)8-9-18(16)14-4-2-1-3-5-14/h1-5,15H,6-13H2. The van der Waals surface area contributed by atoms with E-state index in [2.05, 4.69) is 4.90 Å². The number of anilines is 1. The van der Waals surface area contributed by atoms with E-state index in [0.29, 0.717) is 26.4 Å². The van der Waals surface area contributed by atoms with Crippen molar-refractivity contribution in [2.24, 2.45) is 0 Å². The molecule has 2 heterocycles. The van der Waals surface area contributed by atoms with Crippen molar-refractivity contribution >= 4 is 11.6 Å². The summed E-state index contributed by atoms with van der Waals surface area (Å²) >= 11 is 0. The van der Waals surface area contributed by atoms with Crippen LogP contribution in [0.15, 0.2) is 30.3 Å². The van der Waals surface area contributed by atoms with E-state index in [9.17, 15) is 4.79 Å². The van der Waals surface area contributed by atoms with Gasteiger partial charge in [-0.25, -0.2) is 0 Å². The number of ether oxygens (including phenoxy) is 2. The summed E-state index contributed by atoms with van der Waals surface area (Å²) < 4.78 is 11.0. The second kappa shape index (κ2) is 7.02. The number of carbonyl (C=O) groups is 1. The Balaban J connectivity index is 1.48. The Bertz CT molecular complexity index is 460. The number of amides is 1. The highest BCUT2D eigenvalue weighted by atomic mass is 16.6. The van der Waals surface area contributed by atoms with Crippen molar-refractivity contribution in [2.75, 3.05) is 50.9 Å². The maximum absolute atomic E-state index is 12.3. The molecule has 1 atom stereocenters. The summed E-state index contributed by atoms with van der Waals surface area (Å²) in [6, 6.07) is 9.88. The summed E-state index contributed by atoms with van der Waals surface area (Å²) in [7, 11) is 0. The summed E-state index contributed by atoms with van der Waals surface area (Å²) in [5.74, 6) is 0.174. The molecule has 2 saturated heterocycles. The fraction of sp³-hybridized carbons (Fsp3) is 0.562. The Morgan fingerprint density at radius 1 is 1.14 bits per heavy atom. The van der Waals surface area contributed by atoms with Crippen LogP contribution in [0.5, 0.6) is 0 Å². The minimum absolute atomic E-state index is 0.174. The normalized spacial score (nSPS) is 24.3. The van der Waals surface area contributed by atoms with Crippen molar-refractivity contribution in [1.82, 2.24) is 4.90 Å². The molecule has 3 rings (SSSR count). The lowest BCUT2D eigenvalue weighted by Crippen LogP contribution is -2.51. The molecule has 5 heteroatoms. The van der Waals surface area contributed by atoms with Crippen LogP contribution in [0.25, 0.3) is 0 Å². The van der Waals surface area contributed by atoms with Gasteiger partial charge in [-0.2, -0.15) is 0 Å². The van der Waals surface area contributed by atoms with Crippen LogP contribution >= 0.6 is 0 Å². The van der Waals surface area contributed by atoms with Gasteiger partial charge in [-0.15, -0.1) is 0 Å². The third-order valence-corrected chi connectivity index (χ3v) is 4.02. The predicted octanol–water partition coefficient (Wildman–Crippen LogP) is 1.14. The van der Waals surface area contributed by atoms with E-state index in [-0.39, 0.29) is 12.0 Å². The molecule has 0 spiro atoms. The van der Waals surface area contributed by atoms with Gasteiger partial charge in [-0.3, -0.25) is 9.69 Å². The van der Waals surface area contributed by atoms with Crippen LogP contribution in [-0.4, -0.2) is 62.9 Å². The summed E-state index contributed by atoms with van der Waals surface area (Å²) in [6.07, 6.45) is 1.11. The minimum atomic E-state index is 0.174. The Labute approximate surface area is 125 Å². The summed E-state index contributed by atoms with van der Waals surface area (Å²) in [5, 5.41) is 0. The Kier molecular flexibility index (Phi) is 4.85. The second-order valence-corrected chi connectivity index (χ2v) is 5.51. The molecule has 1 unspecified atom stereocenters. The quantitative estimate of drug-likeness (QED) is 0.834. The van der Waals surface area contributed by atoms with Crippen molar-refractivity contribution in [3.63, 3.8) is 0 Å². The molecule has 2 aliphatic rings. The van der Waals surface area contributed by atoms with E-state index in [0.717, 1.165) is 31.7 Å². The molecule has 0 bridgehead atoms. The first-order valence-corrected chi connectivity index (χ1v) is 7.60. The highest BCUT2D eigenvalue weighted by Gasteiger charge is 2.25. The second-order valence-electron chi connectivity index (χ2n) is 5.51. The molecule has 5 nitrogen and oxygen atoms in total. The van der Waals surface area contributed by atoms with Crippen LogP contribution in [-0.2, 0) is 14.3 Å². The van der Waals surface area contributed by atoms with E-state index >= 15 is 0 Å². The molecule has 0 aliphatic carbocycles. The van der Waals surface area contributed by atoms with Gasteiger partial charge in [0.15, 0.2) is 0 Å². The molecule has 21 heavy (non-hydrogen) atoms. The fourth-order valence-electron chi connectivity index (χ4n) is 2.82. The van der Waals surface area contributed by atoms with Crippen molar-refractivity contribution in [1.29, 1.82) is 0 Å². The molecule has 1 aromatic carbocycles. The molecular weight excluding hydrogens is 268 g/mol. The van der Waals surface area contributed by atoms with Gasteiger partial charge in [0.05, 0.1) is 32.5 Å². The molecule has 0 N–H and O–H groups in total. The van der Waals surface area contributed by atoms with Gasteiger partial charge in [0.2, 0.25) is 5.91 Å². The zero-order valence-electron chi connectivity index (χ0n) is 12.2. The minimum Gasteiger partial charge on any atom is -0.376 e. The lowest BCUT2D eigenvalue weighted by molar-refractivity contribution is -0.122. The molecule has 114 valence electrons. The number of carbonyl (C=O) groups excluding carboxylic acids is 1. The predicted molar refractivity (Wildman–Crippen MR) is 80.4 cm³/mol. The van der Waals surface area contributed by atoms with Gasteiger partial charge < -0.3 is 14.4 Å². The molecule has 0 saturated carbocycles. The first kappa shape index (κ1) is 14.5. The topological polar surface area (TPSA) is 42.0 Å². The van der Waals surface area contributed by atoms with Crippen molar-refractivity contribution in [3.05, 3.63) is 30.3 Å². The van der Waals surface area contributed by atoms with Crippen LogP contribution in [0.1, 0.15) is 6.42 Å². The van der Waals surface area contributed by atoms with Crippen molar-refractivity contribution in [2.45, 2.75) is 12.5 Å². The maximum Gasteiger partial charge on any atom is 0.241 e. The average molecular weight is 290 g/mol. The van der Waals surface area contributed by atoms with Crippen LogP contribution in [0.2, 0.25) is 0 Å². The molecule has 2 aliphatic heterocycles. The average Bonchev–Trinajstić information content (AvgIpc) is 2.55. The van der Waals surface area contributed by atoms with E-state index in [1.54, 1.807) is 0 Å². The van der Waals surface area contributed by atoms with E-state index in [4.69, 9.17) is 9.47 Å². The summed E-state index contributed by atoms with van der Waals surface area (Å²) in [4.78, 5) is 16.4. The van der Waals surface area contributed by atoms with Crippen LogP contribution in [0.3, 0.4) is 0 Å². The highest BCUT2D eigenvalue weighted by molar-refractivity contribution is 5.95. The van der Waals surface area contributed by atoms with Crippen LogP contribution in [0, 0.1) is 0 Å². The first-order chi connectivity index (χ1) is 10.3. The van der Waals surface area contributed by atoms with Gasteiger partial charge in [-0.05, 0) is 18.6 Å². The Morgan fingerprint density at radius 2 is 2.00 bits per heavy atom. The maximum atomic E-state index is 12.3. The Morgan fingerprint density at radius 3 is 2.71 bits per heavy atom.